The number of carbonyl (C=O) groups is 5. The standard InChI is InChI=1S/C65H108N4O49/c1-15(78)66-29-19(82)5-65(64(100)101,117-51(29)33(84)20(83)6-70)118-53-37(88)24(10-74)105-61(47(53)98)113-50-27(13-77)109-58(32(41(50)92)69-18(4)81)116-55-44(95)36(87)23(9-73)107-63(55)114-52-38(89)28(110-60(46(52)97)112-48-25(11-75)103-56(99)30(39(48)90)67-16(2)79)14-102-62-54(43(94)35(86)22(8-72)106-62)115-57-31(68-17(3)80)40(91)49(26(12-76)108-57)111-59-45(96)42(93)34(85)21(7-71)104-59/h19-63,70-77,82-99H,5-14H2,1-4H3,(H,66,78)(H,67,79)(H,68,80)(H,69,81)(H,100,101)/t19-,20+,21+,22+,23+,24+,25+,26+,27+,28+,29+,30+,31+,32+,33+,34-,35+,36+,37-,38+,39+,40+,41+,42-,43-,44-,45+,46-,47+,48+,49+,50+,51+,52-,53-,54-,55-,56?,57-,58-,59-,60-,61-,62-,63+,65-/m0/s1. The third-order valence-corrected chi connectivity index (χ3v) is 21.3. The highest BCUT2D eigenvalue weighted by atomic mass is 16.8. The van der Waals surface area contributed by atoms with Crippen molar-refractivity contribution in [3.8, 4) is 0 Å². The quantitative estimate of drug-likeness (QED) is 0.0297. The van der Waals surface area contributed by atoms with Crippen LogP contribution in [0.5, 0.6) is 0 Å². The summed E-state index contributed by atoms with van der Waals surface area (Å²) in [5.74, 6) is -9.18. The molecule has 0 aromatic carbocycles. The van der Waals surface area contributed by atoms with Crippen LogP contribution in [0.2, 0.25) is 0 Å². The maximum absolute atomic E-state index is 13.2. The van der Waals surface area contributed by atoms with E-state index >= 15 is 0 Å². The molecular formula is C65H108N4O49. The Morgan fingerprint density at radius 1 is 0.347 bits per heavy atom. The molecule has 1 unspecified atom stereocenters. The molecule has 9 heterocycles. The smallest absolute Gasteiger partial charge is 0.364 e. The first-order chi connectivity index (χ1) is 55.7. The monoisotopic (exact) mass is 1730 g/mol. The van der Waals surface area contributed by atoms with E-state index < -0.39 is 377 Å². The lowest BCUT2D eigenvalue weighted by Crippen LogP contribution is -2.71. The molecule has 9 aliphatic heterocycles. The molecule has 9 saturated heterocycles. The zero-order valence-corrected chi connectivity index (χ0v) is 63.1. The van der Waals surface area contributed by atoms with Crippen molar-refractivity contribution in [1.82, 2.24) is 21.3 Å². The molecular weight excluding hydrogens is 1620 g/mol. The largest absolute Gasteiger partial charge is 0.477 e. The summed E-state index contributed by atoms with van der Waals surface area (Å²) in [4.78, 5) is 63.8. The number of carbonyl (C=O) groups excluding carboxylic acids is 4. The lowest BCUT2D eigenvalue weighted by Gasteiger charge is -2.51. The highest BCUT2D eigenvalue weighted by Crippen LogP contribution is 2.42. The normalized spacial score (nSPS) is 47.6. The number of amides is 4. The number of nitrogens with one attached hydrogen (secondary N) is 4. The van der Waals surface area contributed by atoms with Gasteiger partial charge in [-0.1, -0.05) is 0 Å². The van der Waals surface area contributed by atoms with E-state index in [0.29, 0.717) is 0 Å². The zero-order valence-electron chi connectivity index (χ0n) is 63.1. The SMILES string of the molecule is CC(=O)N[C@H]1[C@H](O[C@@H]2[C@@H](OC[C@H]3O[C@@H](O[C@H]4[C@H](O)[C@@H](NC(C)=O)C(O)O[C@@H]4CO)[C@@H](O)[C@@H](O[C@H]4O[C@H](CO)[C@@H](O)[C@H](O)[C@@H]4O[C@@H]4O[C@H](CO)[C@@H](O[C@@H]5O[C@H](CO)[C@H](O)[C@H](O[C@]6(C(=O)O)C[C@H](O)[C@@H](NC(C)=O)[C@H]([C@H](O)[C@H](O)CO)O6)[C@H]5O)[C@H](O)[C@H]4NC(C)=O)[C@@H]3O)O[C@H](CO)[C@@H](O)[C@@H]2O)O[C@H](CO)[C@@H](O[C@@H]2O[C@H](CO)[C@H](O)[C@H](O)[C@H]2O)[C@@H]1O. The summed E-state index contributed by atoms with van der Waals surface area (Å²) in [6, 6.07) is -7.54. The molecule has 118 heavy (non-hydrogen) atoms. The average Bonchev–Trinajstić information content (AvgIpc) is 0.755. The maximum atomic E-state index is 13.2. The number of aliphatic carboxylic acids is 1. The number of rotatable bonds is 32. The fraction of sp³-hybridized carbons (Fsp3) is 0.923. The van der Waals surface area contributed by atoms with E-state index in [4.69, 9.17) is 80.5 Å². The number of ether oxygens (including phenoxy) is 17. The van der Waals surface area contributed by atoms with Crippen LogP contribution in [-0.2, 0) is 104 Å². The molecule has 0 bridgehead atoms. The summed E-state index contributed by atoms with van der Waals surface area (Å²) in [7, 11) is 0. The van der Waals surface area contributed by atoms with Crippen molar-refractivity contribution in [3.63, 3.8) is 0 Å². The van der Waals surface area contributed by atoms with Crippen LogP contribution in [0.15, 0.2) is 0 Å². The number of carboxylic acid groups (broad SMARTS) is 1. The molecule has 682 valence electrons. The van der Waals surface area contributed by atoms with E-state index in [9.17, 15) is 162 Å². The van der Waals surface area contributed by atoms with Gasteiger partial charge in [-0.2, -0.15) is 0 Å². The van der Waals surface area contributed by atoms with Crippen LogP contribution in [0.25, 0.3) is 0 Å². The van der Waals surface area contributed by atoms with Gasteiger partial charge in [-0.15, -0.1) is 0 Å². The van der Waals surface area contributed by atoms with Crippen LogP contribution < -0.4 is 21.3 Å². The number of hydrogen-bond donors (Lipinski definition) is 31. The van der Waals surface area contributed by atoms with Crippen LogP contribution in [0, 0.1) is 0 Å². The molecule has 31 N–H and O–H groups in total. The molecule has 0 aromatic rings. The summed E-state index contributed by atoms with van der Waals surface area (Å²) < 4.78 is 100.0. The average molecular weight is 1730 g/mol. The molecule has 9 fully saturated rings. The number of hydrogen-bond acceptors (Lipinski definition) is 48. The molecule has 0 saturated carbocycles. The third-order valence-electron chi connectivity index (χ3n) is 21.3. The van der Waals surface area contributed by atoms with Crippen molar-refractivity contribution in [2.24, 2.45) is 0 Å². The fourth-order valence-electron chi connectivity index (χ4n) is 15.2. The van der Waals surface area contributed by atoms with Crippen molar-refractivity contribution in [2.45, 2.75) is 316 Å². The van der Waals surface area contributed by atoms with Crippen LogP contribution >= 0.6 is 0 Å². The van der Waals surface area contributed by atoms with Gasteiger partial charge in [0.05, 0.1) is 71.6 Å². The Bertz CT molecular complexity index is 3210. The molecule has 46 atom stereocenters. The van der Waals surface area contributed by atoms with E-state index in [-0.39, 0.29) is 0 Å². The molecule has 53 nitrogen and oxygen atoms in total. The first kappa shape index (κ1) is 97.4. The summed E-state index contributed by atoms with van der Waals surface area (Å²) in [5, 5.41) is 309. The van der Waals surface area contributed by atoms with Gasteiger partial charge >= 0.3 is 5.97 Å². The number of carboxylic acids is 1. The Labute approximate surface area is 666 Å². The Hall–Kier alpha value is -4.37. The van der Waals surface area contributed by atoms with Gasteiger partial charge in [-0.3, -0.25) is 19.2 Å². The summed E-state index contributed by atoms with van der Waals surface area (Å²) in [5.41, 5.74) is 0. The van der Waals surface area contributed by atoms with Crippen molar-refractivity contribution < 1.29 is 242 Å². The zero-order chi connectivity index (χ0) is 87.3. The van der Waals surface area contributed by atoms with Gasteiger partial charge in [-0.25, -0.2) is 4.79 Å². The van der Waals surface area contributed by atoms with Crippen molar-refractivity contribution >= 4 is 29.6 Å². The van der Waals surface area contributed by atoms with Gasteiger partial charge in [-0.05, 0) is 0 Å². The van der Waals surface area contributed by atoms with Crippen LogP contribution in [0.4, 0.5) is 0 Å². The van der Waals surface area contributed by atoms with Crippen molar-refractivity contribution in [1.29, 1.82) is 0 Å². The molecule has 0 aliphatic carbocycles. The minimum atomic E-state index is -3.30. The molecule has 4 amide bonds. The fourth-order valence-corrected chi connectivity index (χ4v) is 15.2. The van der Waals surface area contributed by atoms with Crippen molar-refractivity contribution in [3.05, 3.63) is 0 Å². The van der Waals surface area contributed by atoms with Gasteiger partial charge in [0.2, 0.25) is 23.6 Å². The van der Waals surface area contributed by atoms with Gasteiger partial charge < -0.3 is 240 Å². The summed E-state index contributed by atoms with van der Waals surface area (Å²) in [6.07, 6.45) is -90.2. The van der Waals surface area contributed by atoms with Crippen LogP contribution in [0.3, 0.4) is 0 Å². The molecule has 0 spiro atoms. The van der Waals surface area contributed by atoms with Gasteiger partial charge in [0.1, 0.15) is 213 Å². The van der Waals surface area contributed by atoms with E-state index in [1.165, 1.54) is 0 Å². The Morgan fingerprint density at radius 3 is 1.13 bits per heavy atom. The van der Waals surface area contributed by atoms with E-state index in [1.807, 2.05) is 0 Å². The highest BCUT2D eigenvalue weighted by Gasteiger charge is 2.63. The molecule has 9 rings (SSSR count). The van der Waals surface area contributed by atoms with E-state index in [1.54, 1.807) is 0 Å². The second-order valence-electron chi connectivity index (χ2n) is 29.6. The Balaban J connectivity index is 1.01. The predicted octanol–water partition coefficient (Wildman–Crippen LogP) is -20.8. The first-order valence-corrected chi connectivity index (χ1v) is 37.3. The predicted molar refractivity (Wildman–Crippen MR) is 361 cm³/mol. The molecule has 0 aromatic heterocycles. The Morgan fingerprint density at radius 2 is 0.686 bits per heavy atom. The molecule has 53 heteroatoms. The second kappa shape index (κ2) is 42.1. The number of aliphatic hydroxyl groups is 26. The van der Waals surface area contributed by atoms with Gasteiger partial charge in [0.25, 0.3) is 5.79 Å². The minimum absolute atomic E-state index is 0.868. The maximum Gasteiger partial charge on any atom is 0.364 e. The first-order valence-electron chi connectivity index (χ1n) is 37.3. The minimum Gasteiger partial charge on any atom is -0.477 e. The van der Waals surface area contributed by atoms with Crippen molar-refractivity contribution in [2.75, 3.05) is 59.5 Å². The van der Waals surface area contributed by atoms with Crippen LogP contribution in [-0.4, -0.2) is 509 Å². The summed E-state index contributed by atoms with van der Waals surface area (Å²) >= 11 is 0. The molecule has 9 aliphatic rings. The lowest BCUT2D eigenvalue weighted by molar-refractivity contribution is -0.400. The summed E-state index contributed by atoms with van der Waals surface area (Å²) in [6.45, 7) is -6.68. The van der Waals surface area contributed by atoms with Gasteiger partial charge in [0, 0.05) is 34.1 Å². The topological polar surface area (TPSA) is 837 Å². The van der Waals surface area contributed by atoms with E-state index in [0.717, 1.165) is 27.7 Å². The highest BCUT2D eigenvalue weighted by molar-refractivity contribution is 5.77. The lowest BCUT2D eigenvalue weighted by atomic mass is 9.88. The van der Waals surface area contributed by atoms with E-state index in [2.05, 4.69) is 21.3 Å². The third kappa shape index (κ3) is 21.2. The van der Waals surface area contributed by atoms with Gasteiger partial charge in [0.15, 0.2) is 50.3 Å². The molecule has 0 radical (unpaired) electrons. The second-order valence-corrected chi connectivity index (χ2v) is 29.6. The Kier molecular flexibility index (Phi) is 34.7. The van der Waals surface area contributed by atoms with Crippen LogP contribution in [0.1, 0.15) is 34.1 Å². The number of aliphatic hydroxyl groups excluding tert-OH is 26.